The third-order valence-electron chi connectivity index (χ3n) is 13.5. The van der Waals surface area contributed by atoms with Crippen LogP contribution in [-0.2, 0) is 89.1 Å². The number of carbonyl (C=O) groups is 1. The molecule has 0 amide bonds. The third kappa shape index (κ3) is 25.4. The first kappa shape index (κ1) is 61.6. The molecule has 1 heterocycles. The molecule has 77 heavy (non-hydrogen) atoms. The van der Waals surface area contributed by atoms with Gasteiger partial charge in [0, 0.05) is 6.42 Å². The van der Waals surface area contributed by atoms with Crippen LogP contribution in [-0.4, -0.2) is 69.7 Å². The van der Waals surface area contributed by atoms with Gasteiger partial charge in [0.15, 0.2) is 6.29 Å². The van der Waals surface area contributed by atoms with E-state index in [2.05, 4.69) is 6.92 Å². The summed E-state index contributed by atoms with van der Waals surface area (Å²) in [4.78, 5) is 12.6. The first-order valence-electron chi connectivity index (χ1n) is 28.6. The van der Waals surface area contributed by atoms with Gasteiger partial charge < -0.3 is 33.2 Å². The molecule has 5 aromatic carbocycles. The van der Waals surface area contributed by atoms with Gasteiger partial charge in [0.05, 0.1) is 59.5 Å². The fraction of sp³-hybridized carbons (Fsp3) is 0.516. The Kier molecular flexibility index (Phi) is 30.5. The van der Waals surface area contributed by atoms with Crippen LogP contribution in [0.3, 0.4) is 0 Å². The van der Waals surface area contributed by atoms with Crippen molar-refractivity contribution in [3.05, 3.63) is 179 Å². The van der Waals surface area contributed by atoms with Gasteiger partial charge in [-0.05, 0) is 40.7 Å². The number of phosphoric acid groups is 1. The van der Waals surface area contributed by atoms with E-state index >= 15 is 0 Å². The predicted octanol–water partition coefficient (Wildman–Crippen LogP) is 15.3. The van der Waals surface area contributed by atoms with Crippen molar-refractivity contribution in [2.45, 2.75) is 180 Å². The summed E-state index contributed by atoms with van der Waals surface area (Å²) >= 11 is 0. The van der Waals surface area contributed by atoms with Gasteiger partial charge in [-0.1, -0.05) is 248 Å². The topological polar surface area (TPSA) is 126 Å². The average Bonchev–Trinajstić information content (AvgIpc) is 3.47. The van der Waals surface area contributed by atoms with Gasteiger partial charge in [-0.15, -0.1) is 0 Å². The van der Waals surface area contributed by atoms with Gasteiger partial charge in [0.25, 0.3) is 0 Å². The Labute approximate surface area is 460 Å². The summed E-state index contributed by atoms with van der Waals surface area (Å²) in [6.07, 6.45) is 15.9. The summed E-state index contributed by atoms with van der Waals surface area (Å²) in [5, 5.41) is 0. The van der Waals surface area contributed by atoms with E-state index in [0.717, 1.165) is 47.1 Å². The Morgan fingerprint density at radius 2 is 0.831 bits per heavy atom. The molecular weight excluding hydrogens is 992 g/mol. The van der Waals surface area contributed by atoms with Gasteiger partial charge in [0.2, 0.25) is 0 Å². The van der Waals surface area contributed by atoms with Crippen molar-refractivity contribution in [3.8, 4) is 0 Å². The standard InChI is InChI=1S/C64H87O12P/c1-2-3-4-5-6-7-8-9-10-11-12-13-14-15-31-43-60(65)68-46-47-74-77(66,75-52-58-41-29-20-30-42-58)73-45-32-44-69-64-63(72-51-57-39-27-19-28-40-57)62(71-50-56-37-25-18-26-38-56)61(70-49-55-35-23-17-24-36-55)59(76-64)53-67-48-54-33-21-16-22-34-54/h16-30,33-42,59,61-64H,2-15,31-32,43-53H2,1H3. The summed E-state index contributed by atoms with van der Waals surface area (Å²) in [6, 6.07) is 49.3. The highest BCUT2D eigenvalue weighted by molar-refractivity contribution is 7.48. The SMILES string of the molecule is CCCCCCCCCCCCCCCCCC(=O)OCCOP(=O)(OCCCOC1OC(COCc2ccccc2)C(OCc2ccccc2)C(OCc2ccccc2)C1OCc1ccccc1)OCc1ccccc1. The molecule has 12 nitrogen and oxygen atoms in total. The smallest absolute Gasteiger partial charge is 0.463 e. The normalized spacial score (nSPS) is 18.2. The van der Waals surface area contributed by atoms with Crippen molar-refractivity contribution in [2.24, 2.45) is 0 Å². The lowest BCUT2D eigenvalue weighted by Gasteiger charge is -2.46. The van der Waals surface area contributed by atoms with E-state index in [-0.39, 0.29) is 58.8 Å². The van der Waals surface area contributed by atoms with Crippen LogP contribution in [0.4, 0.5) is 0 Å². The predicted molar refractivity (Wildman–Crippen MR) is 302 cm³/mol. The van der Waals surface area contributed by atoms with E-state index in [1.54, 1.807) is 0 Å². The van der Waals surface area contributed by atoms with Crippen LogP contribution < -0.4 is 0 Å². The highest BCUT2D eigenvalue weighted by atomic mass is 31.2. The largest absolute Gasteiger partial charge is 0.475 e. The first-order chi connectivity index (χ1) is 38.0. The molecule has 1 aliphatic rings. The summed E-state index contributed by atoms with van der Waals surface area (Å²) in [7, 11) is -4.12. The van der Waals surface area contributed by atoms with E-state index in [1.807, 2.05) is 152 Å². The van der Waals surface area contributed by atoms with E-state index in [0.29, 0.717) is 26.1 Å². The number of ether oxygens (including phenoxy) is 7. The fourth-order valence-corrected chi connectivity index (χ4v) is 10.4. The Hall–Kier alpha value is -4.56. The molecule has 5 aromatic rings. The van der Waals surface area contributed by atoms with Crippen molar-refractivity contribution in [1.82, 2.24) is 0 Å². The Balaban J connectivity index is 1.02. The monoisotopic (exact) mass is 1080 g/mol. The molecule has 0 N–H and O–H groups in total. The molecule has 6 rings (SSSR count). The minimum atomic E-state index is -4.12. The summed E-state index contributed by atoms with van der Waals surface area (Å²) < 4.78 is 77.3. The molecular formula is C64H87O12P. The molecule has 0 bridgehead atoms. The van der Waals surface area contributed by atoms with Crippen LogP contribution in [0.25, 0.3) is 0 Å². The van der Waals surface area contributed by atoms with Crippen LogP contribution in [0.15, 0.2) is 152 Å². The third-order valence-corrected chi connectivity index (χ3v) is 14.9. The average molecular weight is 1080 g/mol. The van der Waals surface area contributed by atoms with Gasteiger partial charge in [-0.3, -0.25) is 18.4 Å². The Bertz CT molecular complexity index is 2280. The second kappa shape index (κ2) is 38.1. The number of rotatable bonds is 42. The lowest BCUT2D eigenvalue weighted by atomic mass is 9.97. The second-order valence-corrected chi connectivity index (χ2v) is 21.5. The summed E-state index contributed by atoms with van der Waals surface area (Å²) in [6.45, 7) is 3.53. The van der Waals surface area contributed by atoms with Gasteiger partial charge in [-0.2, -0.15) is 0 Å². The van der Waals surface area contributed by atoms with E-state index in [9.17, 15) is 9.36 Å². The molecule has 1 saturated heterocycles. The molecule has 1 aliphatic heterocycles. The van der Waals surface area contributed by atoms with Crippen molar-refractivity contribution in [1.29, 1.82) is 0 Å². The fourth-order valence-electron chi connectivity index (χ4n) is 9.17. The molecule has 420 valence electrons. The van der Waals surface area contributed by atoms with Crippen molar-refractivity contribution in [3.63, 3.8) is 0 Å². The lowest BCUT2D eigenvalue weighted by Crippen LogP contribution is -2.61. The number of benzene rings is 5. The van der Waals surface area contributed by atoms with Crippen molar-refractivity contribution < 1.29 is 56.1 Å². The highest BCUT2D eigenvalue weighted by Crippen LogP contribution is 2.50. The van der Waals surface area contributed by atoms with Gasteiger partial charge in [0.1, 0.15) is 31.0 Å². The van der Waals surface area contributed by atoms with Crippen LogP contribution in [0, 0.1) is 0 Å². The number of hydrogen-bond acceptors (Lipinski definition) is 12. The number of unbranched alkanes of at least 4 members (excludes halogenated alkanes) is 14. The zero-order valence-corrected chi connectivity index (χ0v) is 46.7. The molecule has 0 aromatic heterocycles. The molecule has 0 saturated carbocycles. The van der Waals surface area contributed by atoms with E-state index < -0.39 is 38.5 Å². The molecule has 6 atom stereocenters. The van der Waals surface area contributed by atoms with Crippen LogP contribution in [0.2, 0.25) is 0 Å². The Morgan fingerprint density at radius 1 is 0.416 bits per heavy atom. The Morgan fingerprint density at radius 3 is 1.32 bits per heavy atom. The molecule has 0 spiro atoms. The van der Waals surface area contributed by atoms with Crippen LogP contribution >= 0.6 is 7.82 Å². The first-order valence-corrected chi connectivity index (χ1v) is 30.0. The zero-order valence-electron chi connectivity index (χ0n) is 45.8. The maximum absolute atomic E-state index is 14.1. The molecule has 0 radical (unpaired) electrons. The minimum Gasteiger partial charge on any atom is -0.463 e. The van der Waals surface area contributed by atoms with E-state index in [4.69, 9.17) is 46.7 Å². The highest BCUT2D eigenvalue weighted by Gasteiger charge is 2.49. The van der Waals surface area contributed by atoms with E-state index in [1.165, 1.54) is 77.0 Å². The van der Waals surface area contributed by atoms with Crippen molar-refractivity contribution in [2.75, 3.05) is 33.0 Å². The van der Waals surface area contributed by atoms with Gasteiger partial charge in [-0.25, -0.2) is 4.57 Å². The number of phosphoric ester groups is 1. The second-order valence-electron chi connectivity index (χ2n) is 19.8. The quantitative estimate of drug-likeness (QED) is 0.0210. The summed E-state index contributed by atoms with van der Waals surface area (Å²) in [5.41, 5.74) is 4.78. The van der Waals surface area contributed by atoms with Crippen LogP contribution in [0.5, 0.6) is 0 Å². The lowest BCUT2D eigenvalue weighted by molar-refractivity contribution is -0.328. The number of esters is 1. The maximum atomic E-state index is 14.1. The number of carbonyl (C=O) groups excluding carboxylic acids is 1. The summed E-state index contributed by atoms with van der Waals surface area (Å²) in [5.74, 6) is -0.302. The molecule has 6 unspecified atom stereocenters. The van der Waals surface area contributed by atoms with Gasteiger partial charge >= 0.3 is 13.8 Å². The number of hydrogen-bond donors (Lipinski definition) is 0. The minimum absolute atomic E-state index is 0.00441. The zero-order chi connectivity index (χ0) is 53.7. The molecule has 0 aliphatic carbocycles. The van der Waals surface area contributed by atoms with Crippen molar-refractivity contribution >= 4 is 13.8 Å². The molecule has 13 heteroatoms. The maximum Gasteiger partial charge on any atom is 0.475 e. The van der Waals surface area contributed by atoms with Crippen LogP contribution in [0.1, 0.15) is 144 Å². The molecule has 1 fully saturated rings.